The normalized spacial score (nSPS) is 32.4. The highest BCUT2D eigenvalue weighted by Crippen LogP contribution is 2.39. The van der Waals surface area contributed by atoms with E-state index in [1.165, 1.54) is 32.2 Å². The lowest BCUT2D eigenvalue weighted by atomic mass is 9.75. The van der Waals surface area contributed by atoms with E-state index in [-0.39, 0.29) is 5.60 Å². The van der Waals surface area contributed by atoms with E-state index in [0.717, 1.165) is 19.4 Å². The van der Waals surface area contributed by atoms with Crippen LogP contribution in [-0.4, -0.2) is 34.7 Å². The van der Waals surface area contributed by atoms with Crippen LogP contribution in [-0.2, 0) is 0 Å². The van der Waals surface area contributed by atoms with Crippen LogP contribution >= 0.6 is 0 Å². The van der Waals surface area contributed by atoms with Gasteiger partial charge in [-0.25, -0.2) is 0 Å². The molecule has 0 spiro atoms. The second-order valence-corrected chi connectivity index (χ2v) is 5.74. The number of rotatable bonds is 2. The first-order valence-electron chi connectivity index (χ1n) is 6.58. The highest BCUT2D eigenvalue weighted by molar-refractivity contribution is 4.94. The number of hydrogen-bond donors (Lipinski definition) is 1. The molecule has 1 aliphatic heterocycles. The summed E-state index contributed by atoms with van der Waals surface area (Å²) in [6.07, 6.45) is 7.08. The van der Waals surface area contributed by atoms with Crippen molar-refractivity contribution in [1.82, 2.24) is 4.90 Å². The highest BCUT2D eigenvalue weighted by Gasteiger charge is 2.41. The molecule has 0 amide bonds. The van der Waals surface area contributed by atoms with Crippen LogP contribution in [0.15, 0.2) is 0 Å². The maximum Gasteiger partial charge on any atom is 0.0688 e. The standard InChI is InChI=1S/C13H25NO/c1-11(2)14-9-6-12(10-14)13(15)7-4-3-5-8-13/h11-12,15H,3-10H2,1-2H3. The Labute approximate surface area is 93.7 Å². The number of likely N-dealkylation sites (tertiary alicyclic amines) is 1. The molecule has 0 aromatic rings. The van der Waals surface area contributed by atoms with Crippen molar-refractivity contribution in [2.75, 3.05) is 13.1 Å². The first-order chi connectivity index (χ1) is 7.12. The summed E-state index contributed by atoms with van der Waals surface area (Å²) in [5.74, 6) is 0.542. The van der Waals surface area contributed by atoms with E-state index in [1.807, 2.05) is 0 Å². The van der Waals surface area contributed by atoms with Crippen LogP contribution in [0.3, 0.4) is 0 Å². The Morgan fingerprint density at radius 3 is 2.40 bits per heavy atom. The molecule has 1 atom stereocenters. The molecule has 1 saturated heterocycles. The van der Waals surface area contributed by atoms with Crippen molar-refractivity contribution in [1.29, 1.82) is 0 Å². The minimum absolute atomic E-state index is 0.318. The summed E-state index contributed by atoms with van der Waals surface area (Å²) in [6, 6.07) is 0.641. The van der Waals surface area contributed by atoms with E-state index >= 15 is 0 Å². The van der Waals surface area contributed by atoms with Gasteiger partial charge in [0.1, 0.15) is 0 Å². The van der Waals surface area contributed by atoms with Gasteiger partial charge in [-0.2, -0.15) is 0 Å². The molecule has 2 fully saturated rings. The van der Waals surface area contributed by atoms with Gasteiger partial charge in [0.15, 0.2) is 0 Å². The molecule has 15 heavy (non-hydrogen) atoms. The first kappa shape index (κ1) is 11.4. The van der Waals surface area contributed by atoms with Crippen LogP contribution in [0.4, 0.5) is 0 Å². The molecule has 2 rings (SSSR count). The van der Waals surface area contributed by atoms with Gasteiger partial charge in [-0.3, -0.25) is 0 Å². The Hall–Kier alpha value is -0.0800. The third-order valence-corrected chi connectivity index (χ3v) is 4.43. The zero-order chi connectivity index (χ0) is 10.9. The van der Waals surface area contributed by atoms with Crippen LogP contribution in [0, 0.1) is 5.92 Å². The molecule has 1 unspecified atom stereocenters. The predicted molar refractivity (Wildman–Crippen MR) is 62.9 cm³/mol. The molecule has 88 valence electrons. The van der Waals surface area contributed by atoms with Crippen LogP contribution in [0.2, 0.25) is 0 Å². The minimum atomic E-state index is -0.318. The van der Waals surface area contributed by atoms with Gasteiger partial charge in [-0.1, -0.05) is 19.3 Å². The molecular weight excluding hydrogens is 186 g/mol. The number of aliphatic hydroxyl groups is 1. The van der Waals surface area contributed by atoms with Gasteiger partial charge in [-0.15, -0.1) is 0 Å². The monoisotopic (exact) mass is 211 g/mol. The summed E-state index contributed by atoms with van der Waals surface area (Å²) in [6.45, 7) is 6.82. The van der Waals surface area contributed by atoms with Crippen molar-refractivity contribution in [3.63, 3.8) is 0 Å². The molecule has 0 radical (unpaired) electrons. The Morgan fingerprint density at radius 1 is 1.20 bits per heavy atom. The van der Waals surface area contributed by atoms with Gasteiger partial charge in [0.25, 0.3) is 0 Å². The summed E-state index contributed by atoms with van der Waals surface area (Å²) < 4.78 is 0. The zero-order valence-electron chi connectivity index (χ0n) is 10.2. The Balaban J connectivity index is 1.94. The van der Waals surface area contributed by atoms with Gasteiger partial charge in [-0.05, 0) is 39.7 Å². The van der Waals surface area contributed by atoms with E-state index in [0.29, 0.717) is 12.0 Å². The molecular formula is C13H25NO. The molecule has 0 bridgehead atoms. The molecule has 0 aromatic heterocycles. The van der Waals surface area contributed by atoms with E-state index < -0.39 is 0 Å². The summed E-state index contributed by atoms with van der Waals surface area (Å²) in [5.41, 5.74) is -0.318. The second kappa shape index (κ2) is 4.42. The van der Waals surface area contributed by atoms with Crippen molar-refractivity contribution >= 4 is 0 Å². The first-order valence-corrected chi connectivity index (χ1v) is 6.58. The molecule has 1 heterocycles. The van der Waals surface area contributed by atoms with E-state index in [1.54, 1.807) is 0 Å². The second-order valence-electron chi connectivity index (χ2n) is 5.74. The van der Waals surface area contributed by atoms with E-state index in [2.05, 4.69) is 18.7 Å². The molecule has 1 N–H and O–H groups in total. The third-order valence-electron chi connectivity index (χ3n) is 4.43. The van der Waals surface area contributed by atoms with Crippen molar-refractivity contribution in [2.45, 2.75) is 64.0 Å². The minimum Gasteiger partial charge on any atom is -0.390 e. The lowest BCUT2D eigenvalue weighted by Crippen LogP contribution is -2.42. The van der Waals surface area contributed by atoms with Gasteiger partial charge in [0, 0.05) is 18.5 Å². The molecule has 2 heteroatoms. The largest absolute Gasteiger partial charge is 0.390 e. The van der Waals surface area contributed by atoms with Crippen molar-refractivity contribution in [3.05, 3.63) is 0 Å². The van der Waals surface area contributed by atoms with Crippen LogP contribution in [0.5, 0.6) is 0 Å². The summed E-state index contributed by atoms with van der Waals surface area (Å²) in [5, 5.41) is 10.6. The van der Waals surface area contributed by atoms with Gasteiger partial charge in [0.2, 0.25) is 0 Å². The zero-order valence-corrected chi connectivity index (χ0v) is 10.2. The van der Waals surface area contributed by atoms with Crippen molar-refractivity contribution < 1.29 is 5.11 Å². The summed E-state index contributed by atoms with van der Waals surface area (Å²) in [4.78, 5) is 2.51. The lowest BCUT2D eigenvalue weighted by Gasteiger charge is -2.37. The highest BCUT2D eigenvalue weighted by atomic mass is 16.3. The van der Waals surface area contributed by atoms with E-state index in [4.69, 9.17) is 0 Å². The topological polar surface area (TPSA) is 23.5 Å². The molecule has 2 aliphatic rings. The predicted octanol–water partition coefficient (Wildman–Crippen LogP) is 2.41. The summed E-state index contributed by atoms with van der Waals surface area (Å²) >= 11 is 0. The average molecular weight is 211 g/mol. The van der Waals surface area contributed by atoms with Crippen LogP contribution in [0.25, 0.3) is 0 Å². The van der Waals surface area contributed by atoms with Crippen LogP contribution < -0.4 is 0 Å². The molecule has 1 aliphatic carbocycles. The fourth-order valence-electron chi connectivity index (χ4n) is 3.27. The van der Waals surface area contributed by atoms with E-state index in [9.17, 15) is 5.11 Å². The third kappa shape index (κ3) is 2.36. The van der Waals surface area contributed by atoms with Crippen molar-refractivity contribution in [2.24, 2.45) is 5.92 Å². The van der Waals surface area contributed by atoms with Gasteiger partial charge in [0.05, 0.1) is 5.60 Å². The maximum absolute atomic E-state index is 10.6. The average Bonchev–Trinajstić information content (AvgIpc) is 2.68. The Kier molecular flexibility index (Phi) is 3.36. The Morgan fingerprint density at radius 2 is 1.87 bits per heavy atom. The van der Waals surface area contributed by atoms with Gasteiger partial charge >= 0.3 is 0 Å². The molecule has 0 aromatic carbocycles. The Bertz CT molecular complexity index is 209. The van der Waals surface area contributed by atoms with Crippen LogP contribution in [0.1, 0.15) is 52.4 Å². The fourth-order valence-corrected chi connectivity index (χ4v) is 3.27. The quantitative estimate of drug-likeness (QED) is 0.758. The maximum atomic E-state index is 10.6. The number of nitrogens with zero attached hydrogens (tertiary/aromatic N) is 1. The SMILES string of the molecule is CC(C)N1CCC(C2(O)CCCCC2)C1. The number of hydrogen-bond acceptors (Lipinski definition) is 2. The van der Waals surface area contributed by atoms with Crippen molar-refractivity contribution in [3.8, 4) is 0 Å². The van der Waals surface area contributed by atoms with Gasteiger partial charge < -0.3 is 10.0 Å². The molecule has 2 nitrogen and oxygen atoms in total. The summed E-state index contributed by atoms with van der Waals surface area (Å²) in [7, 11) is 0. The fraction of sp³-hybridized carbons (Fsp3) is 1.00. The lowest BCUT2D eigenvalue weighted by molar-refractivity contribution is -0.0461. The smallest absolute Gasteiger partial charge is 0.0688 e. The molecule has 1 saturated carbocycles.